The average molecular weight is 443 g/mol. The molecule has 0 saturated carbocycles. The van der Waals surface area contributed by atoms with Crippen LogP contribution in [-0.4, -0.2) is 49.3 Å². The Morgan fingerprint density at radius 2 is 2.19 bits per heavy atom. The molecule has 0 unspecified atom stereocenters. The second-order valence-electron chi connectivity index (χ2n) is 6.66. The van der Waals surface area contributed by atoms with Crippen molar-refractivity contribution in [1.29, 1.82) is 5.26 Å². The molecule has 164 valence electrons. The molecule has 0 atom stereocenters. The fourth-order valence-corrected chi connectivity index (χ4v) is 3.63. The third-order valence-corrected chi connectivity index (χ3v) is 5.23. The summed E-state index contributed by atoms with van der Waals surface area (Å²) in [5, 5.41) is 12.5. The van der Waals surface area contributed by atoms with Gasteiger partial charge in [0.2, 0.25) is 0 Å². The maximum Gasteiger partial charge on any atom is 0.352 e. The van der Waals surface area contributed by atoms with Gasteiger partial charge in [-0.15, -0.1) is 11.3 Å². The summed E-state index contributed by atoms with van der Waals surface area (Å²) in [6.07, 6.45) is 2.97. The van der Waals surface area contributed by atoms with Crippen LogP contribution in [0, 0.1) is 11.3 Å². The monoisotopic (exact) mass is 442 g/mol. The molecule has 0 radical (unpaired) electrons. The van der Waals surface area contributed by atoms with Crippen LogP contribution in [0.4, 0.5) is 5.69 Å². The second-order valence-corrected chi connectivity index (χ2v) is 7.69. The van der Waals surface area contributed by atoms with Gasteiger partial charge >= 0.3 is 5.97 Å². The lowest BCUT2D eigenvalue weighted by Gasteiger charge is -2.11. The Labute approximate surface area is 184 Å². The van der Waals surface area contributed by atoms with Crippen molar-refractivity contribution in [3.63, 3.8) is 0 Å². The first kappa shape index (κ1) is 23.9. The van der Waals surface area contributed by atoms with Gasteiger partial charge in [-0.3, -0.25) is 9.36 Å². The van der Waals surface area contributed by atoms with Crippen molar-refractivity contribution < 1.29 is 14.3 Å². The minimum absolute atomic E-state index is 0.0146. The molecule has 9 heteroatoms. The summed E-state index contributed by atoms with van der Waals surface area (Å²) in [6, 6.07) is 9.24. The SMILES string of the molecule is C=CCOC(=O)/C(C#N)=c1\s/c(=C/Nc2cccc(OCCN(C)C)c2)c(=O)n1CC. The first-order valence-corrected chi connectivity index (χ1v) is 10.5. The first-order valence-electron chi connectivity index (χ1n) is 9.67. The number of aromatic nitrogens is 1. The second kappa shape index (κ2) is 11.7. The van der Waals surface area contributed by atoms with Crippen LogP contribution in [0.1, 0.15) is 6.92 Å². The standard InChI is InChI=1S/C22H26N4O4S/c1-5-11-30-22(28)18(14-23)21-26(6-2)20(27)19(31-21)15-24-16-8-7-9-17(13-16)29-12-10-25(3)4/h5,7-9,13,15,24H,1,6,10-12H2,2-4H3/b19-15+,21-18-. The molecule has 0 aliphatic carbocycles. The van der Waals surface area contributed by atoms with Crippen molar-refractivity contribution in [2.45, 2.75) is 13.5 Å². The summed E-state index contributed by atoms with van der Waals surface area (Å²) in [5.41, 5.74) is 0.244. The van der Waals surface area contributed by atoms with Crippen molar-refractivity contribution in [1.82, 2.24) is 9.47 Å². The van der Waals surface area contributed by atoms with Gasteiger partial charge in [0.25, 0.3) is 5.56 Å². The van der Waals surface area contributed by atoms with Crippen LogP contribution < -0.4 is 24.8 Å². The van der Waals surface area contributed by atoms with Crippen molar-refractivity contribution in [2.24, 2.45) is 0 Å². The van der Waals surface area contributed by atoms with Crippen molar-refractivity contribution in [2.75, 3.05) is 39.2 Å². The van der Waals surface area contributed by atoms with Crippen LogP contribution in [0.2, 0.25) is 0 Å². The molecule has 1 N–H and O–H groups in total. The van der Waals surface area contributed by atoms with E-state index < -0.39 is 5.97 Å². The molecular weight excluding hydrogens is 416 g/mol. The van der Waals surface area contributed by atoms with Gasteiger partial charge in [-0.1, -0.05) is 18.7 Å². The number of nitrogens with one attached hydrogen (secondary N) is 1. The Bertz CT molecular complexity index is 1140. The Morgan fingerprint density at radius 3 is 2.84 bits per heavy atom. The zero-order valence-corrected chi connectivity index (χ0v) is 18.7. The van der Waals surface area contributed by atoms with Crippen molar-refractivity contribution in [3.05, 3.63) is 56.5 Å². The highest BCUT2D eigenvalue weighted by molar-refractivity contribution is 7.07. The number of benzene rings is 1. The lowest BCUT2D eigenvalue weighted by Crippen LogP contribution is -2.32. The molecule has 0 bridgehead atoms. The minimum atomic E-state index is -0.784. The molecule has 1 heterocycles. The fourth-order valence-electron chi connectivity index (χ4n) is 2.55. The molecule has 0 aliphatic rings. The number of anilines is 1. The number of hydrogen-bond donors (Lipinski definition) is 1. The lowest BCUT2D eigenvalue weighted by atomic mass is 10.3. The fraction of sp³-hybridized carbons (Fsp3) is 0.318. The number of esters is 1. The molecule has 1 aromatic heterocycles. The highest BCUT2D eigenvalue weighted by atomic mass is 32.1. The zero-order chi connectivity index (χ0) is 22.8. The summed E-state index contributed by atoms with van der Waals surface area (Å²) in [5.74, 6) is -0.0731. The molecule has 31 heavy (non-hydrogen) atoms. The van der Waals surface area contributed by atoms with Crippen molar-refractivity contribution >= 4 is 34.8 Å². The molecule has 2 rings (SSSR count). The van der Waals surface area contributed by atoms with E-state index in [0.717, 1.165) is 23.6 Å². The van der Waals surface area contributed by atoms with Crippen LogP contribution in [-0.2, 0) is 16.1 Å². The topological polar surface area (TPSA) is 96.6 Å². The number of thiazole rings is 1. The van der Waals surface area contributed by atoms with Gasteiger partial charge in [-0.2, -0.15) is 5.26 Å². The Kier molecular flexibility index (Phi) is 9.06. The molecule has 0 amide bonds. The van der Waals surface area contributed by atoms with E-state index in [4.69, 9.17) is 9.47 Å². The lowest BCUT2D eigenvalue weighted by molar-refractivity contribution is -0.135. The molecule has 0 fully saturated rings. The number of ether oxygens (including phenoxy) is 2. The number of likely N-dealkylation sites (N-methyl/N-ethyl adjacent to an activating group) is 1. The predicted octanol–water partition coefficient (Wildman–Crippen LogP) is 1.12. The highest BCUT2D eigenvalue weighted by Crippen LogP contribution is 2.17. The molecule has 8 nitrogen and oxygen atoms in total. The third-order valence-electron chi connectivity index (χ3n) is 4.10. The Morgan fingerprint density at radius 1 is 1.42 bits per heavy atom. The number of nitriles is 1. The van der Waals surface area contributed by atoms with Crippen LogP contribution in [0.5, 0.6) is 5.75 Å². The highest BCUT2D eigenvalue weighted by Gasteiger charge is 2.16. The van der Waals surface area contributed by atoms with Gasteiger partial charge < -0.3 is 19.7 Å². The van der Waals surface area contributed by atoms with Gasteiger partial charge in [0.05, 0.1) is 0 Å². The van der Waals surface area contributed by atoms with Crippen molar-refractivity contribution in [3.8, 4) is 11.8 Å². The quantitative estimate of drug-likeness (QED) is 0.435. The maximum absolute atomic E-state index is 12.8. The smallest absolute Gasteiger partial charge is 0.352 e. The van der Waals surface area contributed by atoms with Crippen LogP contribution in [0.3, 0.4) is 0 Å². The number of rotatable bonds is 10. The number of nitrogens with zero attached hydrogens (tertiary/aromatic N) is 3. The van der Waals surface area contributed by atoms with Gasteiger partial charge in [-0.05, 0) is 33.2 Å². The summed E-state index contributed by atoms with van der Waals surface area (Å²) in [6.45, 7) is 6.91. The van der Waals surface area contributed by atoms with Gasteiger partial charge in [0, 0.05) is 31.0 Å². The number of carbonyl (C=O) groups excluding carboxylic acids is 1. The van der Waals surface area contributed by atoms with Crippen LogP contribution in [0.25, 0.3) is 11.8 Å². The first-order chi connectivity index (χ1) is 14.9. The van der Waals surface area contributed by atoms with Gasteiger partial charge in [-0.25, -0.2) is 4.79 Å². The van der Waals surface area contributed by atoms with Crippen LogP contribution >= 0.6 is 11.3 Å². The molecule has 2 aromatic rings. The minimum Gasteiger partial charge on any atom is -0.492 e. The van der Waals surface area contributed by atoms with E-state index in [0.29, 0.717) is 23.4 Å². The number of hydrogen-bond acceptors (Lipinski definition) is 8. The van der Waals surface area contributed by atoms with E-state index >= 15 is 0 Å². The maximum atomic E-state index is 12.8. The van der Waals surface area contributed by atoms with E-state index in [1.807, 2.05) is 49.3 Å². The van der Waals surface area contributed by atoms with E-state index in [9.17, 15) is 14.9 Å². The predicted molar refractivity (Wildman–Crippen MR) is 122 cm³/mol. The zero-order valence-electron chi connectivity index (χ0n) is 17.9. The van der Waals surface area contributed by atoms with E-state index in [1.165, 1.54) is 10.6 Å². The number of carbonyl (C=O) groups is 1. The summed E-state index contributed by atoms with van der Waals surface area (Å²) >= 11 is 1.06. The normalized spacial score (nSPS) is 12.3. The van der Waals surface area contributed by atoms with E-state index in [2.05, 4.69) is 11.9 Å². The Hall–Kier alpha value is -3.35. The van der Waals surface area contributed by atoms with E-state index in [-0.39, 0.29) is 22.4 Å². The van der Waals surface area contributed by atoms with E-state index in [1.54, 1.807) is 13.1 Å². The van der Waals surface area contributed by atoms with Gasteiger partial charge in [0.15, 0.2) is 5.57 Å². The molecule has 0 spiro atoms. The molecule has 0 aliphatic heterocycles. The molecular formula is C22H26N4O4S. The largest absolute Gasteiger partial charge is 0.492 e. The average Bonchev–Trinajstić information content (AvgIpc) is 3.06. The summed E-state index contributed by atoms with van der Waals surface area (Å²) in [7, 11) is 3.95. The van der Waals surface area contributed by atoms with Crippen LogP contribution in [0.15, 0.2) is 41.7 Å². The summed E-state index contributed by atoms with van der Waals surface area (Å²) < 4.78 is 12.7. The molecule has 0 saturated heterocycles. The van der Waals surface area contributed by atoms with Gasteiger partial charge in [0.1, 0.15) is 34.2 Å². The molecule has 1 aromatic carbocycles. The third kappa shape index (κ3) is 6.57. The Balaban J connectivity index is 2.35. The summed E-state index contributed by atoms with van der Waals surface area (Å²) in [4.78, 5) is 27.0.